The highest BCUT2D eigenvalue weighted by atomic mass is 32.1. The zero-order valence-corrected chi connectivity index (χ0v) is 11.6. The first-order chi connectivity index (χ1) is 9.26. The fourth-order valence-corrected chi connectivity index (χ4v) is 3.38. The van der Waals surface area contributed by atoms with Crippen molar-refractivity contribution in [2.24, 2.45) is 0 Å². The predicted molar refractivity (Wildman–Crippen MR) is 80.4 cm³/mol. The summed E-state index contributed by atoms with van der Waals surface area (Å²) < 4.78 is 15.1. The summed E-state index contributed by atoms with van der Waals surface area (Å²) in [6.07, 6.45) is 1.62. The fraction of sp³-hybridized carbons (Fsp3) is 0.176. The molecule has 0 fully saturated rings. The molecule has 19 heavy (non-hydrogen) atoms. The van der Waals surface area contributed by atoms with Gasteiger partial charge >= 0.3 is 0 Å². The second-order valence-electron chi connectivity index (χ2n) is 4.71. The average molecular weight is 270 g/mol. The van der Waals surface area contributed by atoms with Gasteiger partial charge in [-0.05, 0) is 41.1 Å². The standard InChI is InChI=1S/C17H15FS/c1-2-12-7-8-16(18)14(9-12)11-15-10-13-5-3-4-6-17(13)19-15/h3-10H,2,11H2,1H3. The molecule has 1 aromatic heterocycles. The Morgan fingerprint density at radius 2 is 1.89 bits per heavy atom. The minimum Gasteiger partial charge on any atom is -0.207 e. The SMILES string of the molecule is CCc1ccc(F)c(Cc2cc3ccccc3s2)c1. The van der Waals surface area contributed by atoms with Gasteiger partial charge in [-0.15, -0.1) is 11.3 Å². The van der Waals surface area contributed by atoms with Gasteiger partial charge in [0.05, 0.1) is 0 Å². The summed E-state index contributed by atoms with van der Waals surface area (Å²) in [5.74, 6) is -0.102. The van der Waals surface area contributed by atoms with Gasteiger partial charge in [0.25, 0.3) is 0 Å². The van der Waals surface area contributed by atoms with E-state index in [1.54, 1.807) is 17.4 Å². The molecule has 0 aliphatic carbocycles. The van der Waals surface area contributed by atoms with Gasteiger partial charge in [-0.1, -0.05) is 37.3 Å². The molecule has 0 atom stereocenters. The van der Waals surface area contributed by atoms with E-state index in [1.165, 1.54) is 20.5 Å². The van der Waals surface area contributed by atoms with E-state index in [1.807, 2.05) is 24.3 Å². The number of aryl methyl sites for hydroxylation is 1. The number of hydrogen-bond acceptors (Lipinski definition) is 1. The lowest BCUT2D eigenvalue weighted by atomic mass is 10.0. The second kappa shape index (κ2) is 5.14. The zero-order valence-electron chi connectivity index (χ0n) is 10.8. The molecule has 0 aliphatic rings. The van der Waals surface area contributed by atoms with Gasteiger partial charge in [-0.2, -0.15) is 0 Å². The first-order valence-corrected chi connectivity index (χ1v) is 7.32. The van der Waals surface area contributed by atoms with Gasteiger partial charge < -0.3 is 0 Å². The first-order valence-electron chi connectivity index (χ1n) is 6.51. The maximum Gasteiger partial charge on any atom is 0.126 e. The van der Waals surface area contributed by atoms with E-state index in [4.69, 9.17) is 0 Å². The third kappa shape index (κ3) is 2.54. The van der Waals surface area contributed by atoms with Crippen molar-refractivity contribution in [1.29, 1.82) is 0 Å². The summed E-state index contributed by atoms with van der Waals surface area (Å²) in [4.78, 5) is 1.22. The quantitative estimate of drug-likeness (QED) is 0.614. The van der Waals surface area contributed by atoms with Crippen molar-refractivity contribution in [2.75, 3.05) is 0 Å². The summed E-state index contributed by atoms with van der Waals surface area (Å²) in [6, 6.07) is 15.9. The molecule has 1 heterocycles. The van der Waals surface area contributed by atoms with Crippen LogP contribution in [-0.4, -0.2) is 0 Å². The van der Waals surface area contributed by atoms with Crippen LogP contribution in [0, 0.1) is 5.82 Å². The van der Waals surface area contributed by atoms with Crippen LogP contribution in [0.1, 0.15) is 22.9 Å². The van der Waals surface area contributed by atoms with Crippen LogP contribution < -0.4 is 0 Å². The molecular weight excluding hydrogens is 255 g/mol. The zero-order chi connectivity index (χ0) is 13.2. The second-order valence-corrected chi connectivity index (χ2v) is 5.87. The lowest BCUT2D eigenvalue weighted by Crippen LogP contribution is -1.93. The van der Waals surface area contributed by atoms with Crippen LogP contribution in [-0.2, 0) is 12.8 Å². The molecule has 2 aromatic carbocycles. The van der Waals surface area contributed by atoms with Crippen LogP contribution in [0.4, 0.5) is 4.39 Å². The van der Waals surface area contributed by atoms with Gasteiger partial charge in [0.2, 0.25) is 0 Å². The van der Waals surface area contributed by atoms with Crippen molar-refractivity contribution >= 4 is 21.4 Å². The van der Waals surface area contributed by atoms with Gasteiger partial charge in [-0.25, -0.2) is 4.39 Å². The Hall–Kier alpha value is -1.67. The maximum atomic E-state index is 13.9. The van der Waals surface area contributed by atoms with Crippen molar-refractivity contribution in [3.63, 3.8) is 0 Å². The molecule has 0 N–H and O–H groups in total. The number of fused-ring (bicyclic) bond motifs is 1. The highest BCUT2D eigenvalue weighted by molar-refractivity contribution is 7.19. The van der Waals surface area contributed by atoms with E-state index < -0.39 is 0 Å². The largest absolute Gasteiger partial charge is 0.207 e. The molecule has 0 nitrogen and oxygen atoms in total. The van der Waals surface area contributed by atoms with Crippen LogP contribution >= 0.6 is 11.3 Å². The smallest absolute Gasteiger partial charge is 0.126 e. The van der Waals surface area contributed by atoms with Crippen molar-refractivity contribution in [3.05, 3.63) is 70.4 Å². The molecule has 2 heteroatoms. The van der Waals surface area contributed by atoms with Crippen LogP contribution in [0.5, 0.6) is 0 Å². The molecule has 3 rings (SSSR count). The van der Waals surface area contributed by atoms with Gasteiger partial charge in [0.15, 0.2) is 0 Å². The topological polar surface area (TPSA) is 0 Å². The number of rotatable bonds is 3. The highest BCUT2D eigenvalue weighted by Gasteiger charge is 2.07. The molecule has 0 saturated carbocycles. The van der Waals surface area contributed by atoms with E-state index in [-0.39, 0.29) is 5.82 Å². The van der Waals surface area contributed by atoms with E-state index in [9.17, 15) is 4.39 Å². The summed E-state index contributed by atoms with van der Waals surface area (Å²) in [5, 5.41) is 1.24. The first kappa shape index (κ1) is 12.4. The lowest BCUT2D eigenvalue weighted by molar-refractivity contribution is 0.613. The molecule has 0 bridgehead atoms. The molecule has 0 radical (unpaired) electrons. The Kier molecular flexibility index (Phi) is 3.34. The monoisotopic (exact) mass is 270 g/mol. The van der Waals surface area contributed by atoms with E-state index in [2.05, 4.69) is 25.1 Å². The van der Waals surface area contributed by atoms with Gasteiger partial charge in [0.1, 0.15) is 5.82 Å². The normalized spacial score (nSPS) is 11.1. The molecule has 96 valence electrons. The predicted octanol–water partition coefficient (Wildman–Crippen LogP) is 5.19. The minimum absolute atomic E-state index is 0.102. The average Bonchev–Trinajstić information content (AvgIpc) is 2.83. The Balaban J connectivity index is 1.96. The van der Waals surface area contributed by atoms with Gasteiger partial charge in [0, 0.05) is 16.0 Å². The maximum absolute atomic E-state index is 13.9. The van der Waals surface area contributed by atoms with Crippen molar-refractivity contribution < 1.29 is 4.39 Å². The Morgan fingerprint density at radius 3 is 2.68 bits per heavy atom. The Labute approximate surface area is 116 Å². The number of thiophene rings is 1. The molecule has 0 saturated heterocycles. The highest BCUT2D eigenvalue weighted by Crippen LogP contribution is 2.28. The summed E-state index contributed by atoms with van der Waals surface area (Å²) in [7, 11) is 0. The van der Waals surface area contributed by atoms with Crippen molar-refractivity contribution in [2.45, 2.75) is 19.8 Å². The Bertz CT molecular complexity index is 679. The Morgan fingerprint density at radius 1 is 1.05 bits per heavy atom. The van der Waals surface area contributed by atoms with E-state index in [0.717, 1.165) is 12.0 Å². The van der Waals surface area contributed by atoms with Crippen LogP contribution in [0.2, 0.25) is 0 Å². The fourth-order valence-electron chi connectivity index (χ4n) is 2.30. The van der Waals surface area contributed by atoms with Gasteiger partial charge in [-0.3, -0.25) is 0 Å². The van der Waals surface area contributed by atoms with E-state index >= 15 is 0 Å². The summed E-state index contributed by atoms with van der Waals surface area (Å²) >= 11 is 1.75. The molecular formula is C17H15FS. The summed E-state index contributed by atoms with van der Waals surface area (Å²) in [5.41, 5.74) is 1.99. The van der Waals surface area contributed by atoms with Crippen LogP contribution in [0.3, 0.4) is 0 Å². The van der Waals surface area contributed by atoms with E-state index in [0.29, 0.717) is 6.42 Å². The number of benzene rings is 2. The van der Waals surface area contributed by atoms with Crippen molar-refractivity contribution in [1.82, 2.24) is 0 Å². The number of hydrogen-bond donors (Lipinski definition) is 0. The van der Waals surface area contributed by atoms with Crippen molar-refractivity contribution in [3.8, 4) is 0 Å². The molecule has 0 aliphatic heterocycles. The van der Waals surface area contributed by atoms with Crippen LogP contribution in [0.25, 0.3) is 10.1 Å². The molecule has 0 unspecified atom stereocenters. The third-order valence-corrected chi connectivity index (χ3v) is 4.48. The number of halogens is 1. The summed E-state index contributed by atoms with van der Waals surface area (Å²) in [6.45, 7) is 2.09. The van der Waals surface area contributed by atoms with Crippen LogP contribution in [0.15, 0.2) is 48.5 Å². The molecule has 0 amide bonds. The molecule has 0 spiro atoms. The minimum atomic E-state index is -0.102. The molecule has 3 aromatic rings. The third-order valence-electron chi connectivity index (χ3n) is 3.36. The lowest BCUT2D eigenvalue weighted by Gasteiger charge is -2.04.